The summed E-state index contributed by atoms with van der Waals surface area (Å²) in [7, 11) is 1.66. The van der Waals surface area contributed by atoms with Crippen LogP contribution in [0.15, 0.2) is 12.1 Å². The van der Waals surface area contributed by atoms with Gasteiger partial charge in [-0.2, -0.15) is 5.10 Å². The first-order valence-electron chi connectivity index (χ1n) is 4.37. The summed E-state index contributed by atoms with van der Waals surface area (Å²) in [6.07, 6.45) is 0.843. The Labute approximate surface area is 88.2 Å². The molecule has 0 aliphatic heterocycles. The number of rotatable bonds is 6. The number of hydrogen-bond donors (Lipinski definition) is 0. The zero-order valence-electron chi connectivity index (χ0n) is 8.07. The molecular weight excluding hydrogens is 204 g/mol. The molecule has 0 amide bonds. The van der Waals surface area contributed by atoms with E-state index in [1.165, 1.54) is 0 Å². The van der Waals surface area contributed by atoms with E-state index < -0.39 is 0 Å². The minimum atomic E-state index is 0.372. The van der Waals surface area contributed by atoms with Gasteiger partial charge in [-0.25, -0.2) is 0 Å². The molecule has 1 heterocycles. The maximum Gasteiger partial charge on any atom is 0.233 e. The third-order valence-electron chi connectivity index (χ3n) is 1.57. The van der Waals surface area contributed by atoms with Gasteiger partial charge < -0.3 is 9.47 Å². The van der Waals surface area contributed by atoms with Crippen molar-refractivity contribution in [1.82, 2.24) is 10.2 Å². The third-order valence-corrected chi connectivity index (χ3v) is 1.85. The first-order chi connectivity index (χ1) is 6.86. The molecule has 0 unspecified atom stereocenters. The van der Waals surface area contributed by atoms with Crippen molar-refractivity contribution >= 4 is 11.6 Å². The molecule has 4 nitrogen and oxygen atoms in total. The van der Waals surface area contributed by atoms with Gasteiger partial charge in [0.25, 0.3) is 0 Å². The molecule has 0 aliphatic rings. The second-order valence-corrected chi connectivity index (χ2v) is 2.96. The molecule has 0 bridgehead atoms. The minimum Gasteiger partial charge on any atom is -0.477 e. The van der Waals surface area contributed by atoms with E-state index in [9.17, 15) is 0 Å². The predicted molar refractivity (Wildman–Crippen MR) is 53.6 cm³/mol. The van der Waals surface area contributed by atoms with Gasteiger partial charge in [-0.3, -0.25) is 0 Å². The number of hydrogen-bond acceptors (Lipinski definition) is 4. The lowest BCUT2D eigenvalue weighted by Crippen LogP contribution is -2.03. The van der Waals surface area contributed by atoms with Crippen molar-refractivity contribution in [2.75, 3.05) is 20.3 Å². The summed E-state index contributed by atoms with van der Waals surface area (Å²) in [5.74, 6) is 0.895. The number of alkyl halides is 1. The Kier molecular flexibility index (Phi) is 5.25. The van der Waals surface area contributed by atoms with Crippen LogP contribution < -0.4 is 4.74 Å². The summed E-state index contributed by atoms with van der Waals surface area (Å²) in [6.45, 7) is 1.27. The Hall–Kier alpha value is -0.870. The van der Waals surface area contributed by atoms with Crippen LogP contribution >= 0.6 is 11.6 Å². The van der Waals surface area contributed by atoms with Crippen molar-refractivity contribution in [3.8, 4) is 5.88 Å². The SMILES string of the molecule is COCCCOc1ccc(CCl)nn1. The van der Waals surface area contributed by atoms with E-state index in [4.69, 9.17) is 21.1 Å². The molecule has 0 aromatic carbocycles. The van der Waals surface area contributed by atoms with Crippen LogP contribution in [0.4, 0.5) is 0 Å². The fourth-order valence-electron chi connectivity index (χ4n) is 0.876. The van der Waals surface area contributed by atoms with Crippen LogP contribution in [0.2, 0.25) is 0 Å². The second kappa shape index (κ2) is 6.56. The molecule has 14 heavy (non-hydrogen) atoms. The number of aromatic nitrogens is 2. The summed E-state index contributed by atoms with van der Waals surface area (Å²) >= 11 is 5.57. The molecule has 0 radical (unpaired) electrons. The molecule has 1 aromatic rings. The normalized spacial score (nSPS) is 10.1. The largest absolute Gasteiger partial charge is 0.477 e. The van der Waals surface area contributed by atoms with Crippen molar-refractivity contribution in [1.29, 1.82) is 0 Å². The van der Waals surface area contributed by atoms with E-state index in [2.05, 4.69) is 10.2 Å². The lowest BCUT2D eigenvalue weighted by Gasteiger charge is -2.03. The first kappa shape index (κ1) is 11.2. The van der Waals surface area contributed by atoms with Gasteiger partial charge in [-0.15, -0.1) is 16.7 Å². The van der Waals surface area contributed by atoms with Crippen molar-refractivity contribution < 1.29 is 9.47 Å². The molecule has 5 heteroatoms. The summed E-state index contributed by atoms with van der Waals surface area (Å²) in [6, 6.07) is 3.56. The molecule has 0 spiro atoms. The van der Waals surface area contributed by atoms with Crippen molar-refractivity contribution in [3.05, 3.63) is 17.8 Å². The monoisotopic (exact) mass is 216 g/mol. The molecule has 0 fully saturated rings. The van der Waals surface area contributed by atoms with Crippen LogP contribution in [0.3, 0.4) is 0 Å². The summed E-state index contributed by atoms with van der Waals surface area (Å²) in [5, 5.41) is 7.71. The summed E-state index contributed by atoms with van der Waals surface area (Å²) < 4.78 is 10.2. The van der Waals surface area contributed by atoms with Gasteiger partial charge in [0.1, 0.15) is 0 Å². The van der Waals surface area contributed by atoms with Crippen LogP contribution in [-0.2, 0) is 10.6 Å². The van der Waals surface area contributed by atoms with E-state index in [0.29, 0.717) is 25.0 Å². The van der Waals surface area contributed by atoms with Crippen molar-refractivity contribution in [2.45, 2.75) is 12.3 Å². The zero-order chi connectivity index (χ0) is 10.2. The van der Waals surface area contributed by atoms with E-state index in [1.54, 1.807) is 19.2 Å². The topological polar surface area (TPSA) is 44.2 Å². The van der Waals surface area contributed by atoms with Gasteiger partial charge in [-0.05, 0) is 6.07 Å². The summed E-state index contributed by atoms with van der Waals surface area (Å²) in [5.41, 5.74) is 0.746. The maximum absolute atomic E-state index is 5.57. The molecule has 0 saturated carbocycles. The highest BCUT2D eigenvalue weighted by atomic mass is 35.5. The van der Waals surface area contributed by atoms with Crippen LogP contribution in [0.1, 0.15) is 12.1 Å². The molecule has 0 aliphatic carbocycles. The van der Waals surface area contributed by atoms with E-state index >= 15 is 0 Å². The average Bonchev–Trinajstić information content (AvgIpc) is 2.25. The van der Waals surface area contributed by atoms with E-state index in [1.807, 2.05) is 0 Å². The maximum atomic E-state index is 5.57. The van der Waals surface area contributed by atoms with Crippen LogP contribution in [0, 0.1) is 0 Å². The fraction of sp³-hybridized carbons (Fsp3) is 0.556. The van der Waals surface area contributed by atoms with Gasteiger partial charge in [0.15, 0.2) is 0 Å². The zero-order valence-corrected chi connectivity index (χ0v) is 8.83. The van der Waals surface area contributed by atoms with Crippen molar-refractivity contribution in [2.24, 2.45) is 0 Å². The van der Waals surface area contributed by atoms with Gasteiger partial charge in [0.2, 0.25) is 5.88 Å². The van der Waals surface area contributed by atoms with Gasteiger partial charge in [0.05, 0.1) is 18.2 Å². The highest BCUT2D eigenvalue weighted by Crippen LogP contribution is 2.06. The standard InChI is InChI=1S/C9H13ClN2O2/c1-13-5-2-6-14-9-4-3-8(7-10)11-12-9/h3-4H,2,5-7H2,1H3. The van der Waals surface area contributed by atoms with Gasteiger partial charge >= 0.3 is 0 Å². The fourth-order valence-corrected chi connectivity index (χ4v) is 1.02. The Morgan fingerprint density at radius 1 is 1.29 bits per heavy atom. The molecule has 1 rings (SSSR count). The number of ether oxygens (including phenoxy) is 2. The number of methoxy groups -OCH3 is 1. The van der Waals surface area contributed by atoms with E-state index in [-0.39, 0.29) is 0 Å². The van der Waals surface area contributed by atoms with Gasteiger partial charge in [-0.1, -0.05) is 0 Å². The Balaban J connectivity index is 2.29. The second-order valence-electron chi connectivity index (χ2n) is 2.69. The smallest absolute Gasteiger partial charge is 0.233 e. The van der Waals surface area contributed by atoms with Crippen LogP contribution in [-0.4, -0.2) is 30.5 Å². The Morgan fingerprint density at radius 2 is 2.14 bits per heavy atom. The van der Waals surface area contributed by atoms with Gasteiger partial charge in [0, 0.05) is 26.2 Å². The highest BCUT2D eigenvalue weighted by Gasteiger charge is 1.97. The Morgan fingerprint density at radius 3 is 2.71 bits per heavy atom. The molecular formula is C9H13ClN2O2. The number of halogens is 1. The highest BCUT2D eigenvalue weighted by molar-refractivity contribution is 6.16. The lowest BCUT2D eigenvalue weighted by atomic mass is 10.4. The van der Waals surface area contributed by atoms with E-state index in [0.717, 1.165) is 12.1 Å². The quantitative estimate of drug-likeness (QED) is 0.536. The van der Waals surface area contributed by atoms with Crippen molar-refractivity contribution in [3.63, 3.8) is 0 Å². The molecule has 78 valence electrons. The minimum absolute atomic E-state index is 0.372. The molecule has 1 aromatic heterocycles. The number of nitrogens with zero attached hydrogens (tertiary/aromatic N) is 2. The molecule has 0 atom stereocenters. The first-order valence-corrected chi connectivity index (χ1v) is 4.90. The molecule has 0 saturated heterocycles. The molecule has 0 N–H and O–H groups in total. The average molecular weight is 217 g/mol. The Bertz CT molecular complexity index is 253. The van der Waals surface area contributed by atoms with Crippen LogP contribution in [0.5, 0.6) is 5.88 Å². The summed E-state index contributed by atoms with van der Waals surface area (Å²) in [4.78, 5) is 0. The third kappa shape index (κ3) is 3.89. The predicted octanol–water partition coefficient (Wildman–Crippen LogP) is 1.63. The lowest BCUT2D eigenvalue weighted by molar-refractivity contribution is 0.170. The van der Waals surface area contributed by atoms with Crippen LogP contribution in [0.25, 0.3) is 0 Å².